The molecule has 0 aliphatic carbocycles. The average molecular weight is 473 g/mol. The summed E-state index contributed by atoms with van der Waals surface area (Å²) in [7, 11) is -3.94. The molecule has 168 valence electrons. The summed E-state index contributed by atoms with van der Waals surface area (Å²) in [6.45, 7) is 4.79. The number of Topliss-reactive ketones (excluding diaryl/α,β-unsaturated/α-hetero) is 1. The van der Waals surface area contributed by atoms with Gasteiger partial charge >= 0.3 is 0 Å². The second kappa shape index (κ2) is 8.87. The molecule has 4 rings (SSSR count). The minimum atomic E-state index is -3.94. The van der Waals surface area contributed by atoms with Crippen LogP contribution in [0, 0.1) is 6.92 Å². The van der Waals surface area contributed by atoms with Crippen LogP contribution in [-0.2, 0) is 21.4 Å². The van der Waals surface area contributed by atoms with E-state index in [9.17, 15) is 18.0 Å². The predicted octanol–water partition coefficient (Wildman–Crippen LogP) is 3.55. The van der Waals surface area contributed by atoms with Crippen LogP contribution in [0.25, 0.3) is 10.7 Å². The van der Waals surface area contributed by atoms with Gasteiger partial charge in [-0.25, -0.2) is 13.4 Å². The van der Waals surface area contributed by atoms with Gasteiger partial charge in [0.25, 0.3) is 10.0 Å². The number of carbonyl (C=O) groups is 2. The number of hydrogen-bond donors (Lipinski definition) is 1. The van der Waals surface area contributed by atoms with E-state index in [2.05, 4.69) is 9.71 Å². The summed E-state index contributed by atoms with van der Waals surface area (Å²) in [5, 5.41) is 2.53. The van der Waals surface area contributed by atoms with Gasteiger partial charge in [-0.15, -0.1) is 11.3 Å². The van der Waals surface area contributed by atoms with E-state index in [0.717, 1.165) is 31.6 Å². The zero-order chi connectivity index (χ0) is 22.9. The van der Waals surface area contributed by atoms with Crippen molar-refractivity contribution >= 4 is 38.7 Å². The van der Waals surface area contributed by atoms with Gasteiger partial charge in [-0.2, -0.15) is 0 Å². The van der Waals surface area contributed by atoms with E-state index >= 15 is 0 Å². The number of nitrogens with one attached hydrogen (secondary N) is 1. The van der Waals surface area contributed by atoms with Gasteiger partial charge in [0.05, 0.1) is 5.69 Å². The SMILES string of the molecule is CC(=O)c1cccc(NS(=O)(=O)c2cc(-c3nc(C)cs3)n(CC(=O)N3CCCC3)c2)c1. The highest BCUT2D eigenvalue weighted by molar-refractivity contribution is 7.92. The third-order valence-corrected chi connectivity index (χ3v) is 7.64. The number of hydrogen-bond acceptors (Lipinski definition) is 6. The lowest BCUT2D eigenvalue weighted by Crippen LogP contribution is -2.31. The molecule has 1 N–H and O–H groups in total. The molecule has 0 saturated carbocycles. The Morgan fingerprint density at radius 1 is 1.19 bits per heavy atom. The Morgan fingerprint density at radius 3 is 2.59 bits per heavy atom. The maximum atomic E-state index is 13.1. The standard InChI is InChI=1S/C22H24N4O4S2/c1-15-14-31-22(23-15)20-11-19(12-26(20)13-21(28)25-8-3-4-9-25)32(29,30)24-18-7-5-6-17(10-18)16(2)27/h5-7,10-12,14,24H,3-4,8-9,13H2,1-2H3. The van der Waals surface area contributed by atoms with E-state index in [-0.39, 0.29) is 23.1 Å². The van der Waals surface area contributed by atoms with E-state index in [4.69, 9.17) is 0 Å². The summed E-state index contributed by atoms with van der Waals surface area (Å²) in [4.78, 5) is 30.7. The molecule has 10 heteroatoms. The molecule has 0 spiro atoms. The van der Waals surface area contributed by atoms with E-state index in [1.807, 2.05) is 12.3 Å². The Labute approximate surface area is 190 Å². The predicted molar refractivity (Wildman–Crippen MR) is 123 cm³/mol. The van der Waals surface area contributed by atoms with Crippen molar-refractivity contribution in [3.8, 4) is 10.7 Å². The Morgan fingerprint density at radius 2 is 1.94 bits per heavy atom. The zero-order valence-electron chi connectivity index (χ0n) is 17.9. The minimum Gasteiger partial charge on any atom is -0.341 e. The molecule has 1 amide bonds. The minimum absolute atomic E-state index is 0.0304. The van der Waals surface area contributed by atoms with Gasteiger partial charge in [0, 0.05) is 41.6 Å². The first-order valence-corrected chi connectivity index (χ1v) is 12.6. The second-order valence-electron chi connectivity index (χ2n) is 7.81. The summed E-state index contributed by atoms with van der Waals surface area (Å²) < 4.78 is 30.4. The molecule has 0 atom stereocenters. The van der Waals surface area contributed by atoms with Crippen molar-refractivity contribution in [3.05, 3.63) is 53.2 Å². The van der Waals surface area contributed by atoms with E-state index in [0.29, 0.717) is 22.0 Å². The van der Waals surface area contributed by atoms with E-state index in [1.54, 1.807) is 27.7 Å². The first-order chi connectivity index (χ1) is 15.2. The second-order valence-corrected chi connectivity index (χ2v) is 10.4. The molecule has 1 aromatic carbocycles. The summed E-state index contributed by atoms with van der Waals surface area (Å²) in [6.07, 6.45) is 3.44. The summed E-state index contributed by atoms with van der Waals surface area (Å²) >= 11 is 1.40. The molecule has 8 nitrogen and oxygen atoms in total. The number of aryl methyl sites for hydroxylation is 1. The molecule has 32 heavy (non-hydrogen) atoms. The van der Waals surface area contributed by atoms with Crippen molar-refractivity contribution in [3.63, 3.8) is 0 Å². The van der Waals surface area contributed by atoms with E-state index < -0.39 is 10.0 Å². The number of anilines is 1. The number of benzene rings is 1. The molecular formula is C22H24N4O4S2. The van der Waals surface area contributed by atoms with Crippen molar-refractivity contribution < 1.29 is 18.0 Å². The number of likely N-dealkylation sites (tertiary alicyclic amines) is 1. The van der Waals surface area contributed by atoms with Gasteiger partial charge in [0.2, 0.25) is 5.91 Å². The van der Waals surface area contributed by atoms with Gasteiger partial charge in [0.1, 0.15) is 16.4 Å². The van der Waals surface area contributed by atoms with Crippen LogP contribution in [0.15, 0.2) is 46.8 Å². The first-order valence-electron chi connectivity index (χ1n) is 10.3. The molecule has 0 bridgehead atoms. The first kappa shape index (κ1) is 22.2. The summed E-state index contributed by atoms with van der Waals surface area (Å²) in [5.74, 6) is -0.197. The molecular weight excluding hydrogens is 448 g/mol. The van der Waals surface area contributed by atoms with Crippen LogP contribution in [0.5, 0.6) is 0 Å². The lowest BCUT2D eigenvalue weighted by molar-refractivity contribution is -0.130. The van der Waals surface area contributed by atoms with Gasteiger partial charge in [-0.1, -0.05) is 12.1 Å². The zero-order valence-corrected chi connectivity index (χ0v) is 19.5. The molecule has 1 aliphatic rings. The number of carbonyl (C=O) groups excluding carboxylic acids is 2. The van der Waals surface area contributed by atoms with E-state index in [1.165, 1.54) is 36.6 Å². The quantitative estimate of drug-likeness (QED) is 0.530. The Kier molecular flexibility index (Phi) is 6.16. The number of aromatic nitrogens is 2. The lowest BCUT2D eigenvalue weighted by Gasteiger charge is -2.16. The highest BCUT2D eigenvalue weighted by Gasteiger charge is 2.24. The van der Waals surface area contributed by atoms with Crippen molar-refractivity contribution in [2.45, 2.75) is 38.1 Å². The molecule has 2 aromatic heterocycles. The molecule has 1 aliphatic heterocycles. The molecule has 0 radical (unpaired) electrons. The van der Waals surface area contributed by atoms with Gasteiger partial charge in [0.15, 0.2) is 5.78 Å². The normalized spacial score (nSPS) is 14.0. The topological polar surface area (TPSA) is 101 Å². The van der Waals surface area contributed by atoms with Gasteiger partial charge in [-0.05, 0) is 44.9 Å². The Bertz CT molecular complexity index is 1270. The van der Waals surface area contributed by atoms with Crippen LogP contribution in [0.1, 0.15) is 35.8 Å². The van der Waals surface area contributed by atoms with Gasteiger partial charge < -0.3 is 9.47 Å². The van der Waals surface area contributed by atoms with Crippen LogP contribution in [0.3, 0.4) is 0 Å². The summed E-state index contributed by atoms with van der Waals surface area (Å²) in [6, 6.07) is 7.87. The smallest absolute Gasteiger partial charge is 0.263 e. The number of ketones is 1. The third-order valence-electron chi connectivity index (χ3n) is 5.31. The number of rotatable bonds is 7. The molecule has 3 heterocycles. The number of thiazole rings is 1. The van der Waals surface area contributed by atoms with Crippen LogP contribution in [-0.4, -0.2) is 47.6 Å². The maximum Gasteiger partial charge on any atom is 0.263 e. The molecule has 0 unspecified atom stereocenters. The maximum absolute atomic E-state index is 13.1. The van der Waals surface area contributed by atoms with Crippen molar-refractivity contribution in [1.29, 1.82) is 0 Å². The number of sulfonamides is 1. The number of amides is 1. The average Bonchev–Trinajstić information content (AvgIpc) is 3.48. The van der Waals surface area contributed by atoms with Gasteiger partial charge in [-0.3, -0.25) is 14.3 Å². The Balaban J connectivity index is 1.67. The van der Waals surface area contributed by atoms with Crippen molar-refractivity contribution in [1.82, 2.24) is 14.5 Å². The van der Waals surface area contributed by atoms with Crippen LogP contribution >= 0.6 is 11.3 Å². The van der Waals surface area contributed by atoms with Crippen LogP contribution in [0.2, 0.25) is 0 Å². The van der Waals surface area contributed by atoms with Crippen LogP contribution < -0.4 is 4.72 Å². The molecule has 1 fully saturated rings. The number of nitrogens with zero attached hydrogens (tertiary/aromatic N) is 3. The van der Waals surface area contributed by atoms with Crippen molar-refractivity contribution in [2.24, 2.45) is 0 Å². The van der Waals surface area contributed by atoms with Crippen LogP contribution in [0.4, 0.5) is 5.69 Å². The monoisotopic (exact) mass is 472 g/mol. The fourth-order valence-corrected chi connectivity index (χ4v) is 5.56. The molecule has 1 saturated heterocycles. The third kappa shape index (κ3) is 4.76. The van der Waals surface area contributed by atoms with Crippen molar-refractivity contribution in [2.75, 3.05) is 17.8 Å². The Hall–Kier alpha value is -2.98. The fraction of sp³-hybridized carbons (Fsp3) is 0.318. The highest BCUT2D eigenvalue weighted by Crippen LogP contribution is 2.29. The highest BCUT2D eigenvalue weighted by atomic mass is 32.2. The lowest BCUT2D eigenvalue weighted by atomic mass is 10.1. The summed E-state index contributed by atoms with van der Waals surface area (Å²) in [5.41, 5.74) is 2.11. The largest absolute Gasteiger partial charge is 0.341 e. The fourth-order valence-electron chi connectivity index (χ4n) is 3.64. The molecule has 3 aromatic rings.